The first-order chi connectivity index (χ1) is 11.1. The van der Waals surface area contributed by atoms with Crippen LogP contribution in [0.1, 0.15) is 21.0 Å². The molecule has 0 bridgehead atoms. The number of hydrogen-bond acceptors (Lipinski definition) is 4. The number of thiazole rings is 1. The van der Waals surface area contributed by atoms with Crippen LogP contribution in [-0.4, -0.2) is 24.2 Å². The van der Waals surface area contributed by atoms with Gasteiger partial charge in [0.2, 0.25) is 0 Å². The molecule has 0 radical (unpaired) electrons. The molecule has 1 aromatic heterocycles. The standard InChI is InChI=1S/C16H21FN4S2.HI/c1-11-7-19-15(23-11)9-21-16(18-2)20-8-12-4-5-14(17)6-13(12)10-22-3;/h4-7H,8-10H2,1-3H3,(H2,18,20,21);1H. The summed E-state index contributed by atoms with van der Waals surface area (Å²) >= 11 is 3.34. The van der Waals surface area contributed by atoms with Crippen molar-refractivity contribution in [3.05, 3.63) is 51.2 Å². The van der Waals surface area contributed by atoms with Gasteiger partial charge in [0.15, 0.2) is 5.96 Å². The van der Waals surface area contributed by atoms with E-state index in [1.165, 1.54) is 10.9 Å². The third kappa shape index (κ3) is 6.56. The highest BCUT2D eigenvalue weighted by atomic mass is 127. The van der Waals surface area contributed by atoms with Crippen LogP contribution in [-0.2, 0) is 18.8 Å². The molecule has 8 heteroatoms. The Kier molecular flexibility index (Phi) is 9.60. The minimum absolute atomic E-state index is 0. The molecule has 0 aliphatic carbocycles. The number of nitrogens with zero attached hydrogens (tertiary/aromatic N) is 2. The van der Waals surface area contributed by atoms with Gasteiger partial charge in [-0.15, -0.1) is 35.3 Å². The lowest BCUT2D eigenvalue weighted by Crippen LogP contribution is -2.36. The molecule has 0 fully saturated rings. The smallest absolute Gasteiger partial charge is 0.191 e. The van der Waals surface area contributed by atoms with E-state index in [1.807, 2.05) is 25.4 Å². The van der Waals surface area contributed by atoms with Gasteiger partial charge in [-0.1, -0.05) is 6.07 Å². The summed E-state index contributed by atoms with van der Waals surface area (Å²) in [6.45, 7) is 3.28. The first kappa shape index (κ1) is 21.2. The summed E-state index contributed by atoms with van der Waals surface area (Å²) in [6, 6.07) is 4.92. The van der Waals surface area contributed by atoms with Crippen molar-refractivity contribution >= 4 is 53.0 Å². The Morgan fingerprint density at radius 2 is 2.04 bits per heavy atom. The summed E-state index contributed by atoms with van der Waals surface area (Å²) in [5.41, 5.74) is 2.09. The molecule has 1 heterocycles. The minimum Gasteiger partial charge on any atom is -0.352 e. The molecule has 132 valence electrons. The molecular formula is C16H22FIN4S2. The van der Waals surface area contributed by atoms with Gasteiger partial charge in [0.25, 0.3) is 0 Å². The average Bonchev–Trinajstić information content (AvgIpc) is 2.95. The maximum atomic E-state index is 13.4. The Morgan fingerprint density at radius 3 is 2.67 bits per heavy atom. The zero-order valence-electron chi connectivity index (χ0n) is 13.9. The molecule has 24 heavy (non-hydrogen) atoms. The number of halogens is 2. The molecule has 0 amide bonds. The summed E-state index contributed by atoms with van der Waals surface area (Å²) < 4.78 is 13.4. The van der Waals surface area contributed by atoms with E-state index < -0.39 is 0 Å². The molecule has 0 saturated carbocycles. The highest BCUT2D eigenvalue weighted by Gasteiger charge is 2.06. The minimum atomic E-state index is -0.195. The Morgan fingerprint density at radius 1 is 1.29 bits per heavy atom. The first-order valence-electron chi connectivity index (χ1n) is 7.24. The lowest BCUT2D eigenvalue weighted by atomic mass is 10.1. The Bertz CT molecular complexity index is 676. The SMILES string of the molecule is CN=C(NCc1ncc(C)s1)NCc1ccc(F)cc1CSC.I. The van der Waals surface area contributed by atoms with Crippen molar-refractivity contribution in [2.24, 2.45) is 4.99 Å². The van der Waals surface area contributed by atoms with Gasteiger partial charge in [-0.05, 0) is 36.4 Å². The van der Waals surface area contributed by atoms with E-state index in [2.05, 4.69) is 20.6 Å². The van der Waals surface area contributed by atoms with Crippen molar-refractivity contribution in [3.63, 3.8) is 0 Å². The van der Waals surface area contributed by atoms with Gasteiger partial charge in [-0.3, -0.25) is 4.99 Å². The Labute approximate surface area is 167 Å². The maximum Gasteiger partial charge on any atom is 0.191 e. The molecule has 1 aromatic carbocycles. The van der Waals surface area contributed by atoms with Crippen molar-refractivity contribution in [2.75, 3.05) is 13.3 Å². The largest absolute Gasteiger partial charge is 0.352 e. The molecule has 0 aliphatic rings. The normalized spacial score (nSPS) is 11.1. The number of thioether (sulfide) groups is 1. The van der Waals surface area contributed by atoms with Crippen molar-refractivity contribution in [3.8, 4) is 0 Å². The summed E-state index contributed by atoms with van der Waals surface area (Å²) in [6.07, 6.45) is 3.88. The van der Waals surface area contributed by atoms with E-state index in [9.17, 15) is 4.39 Å². The van der Waals surface area contributed by atoms with E-state index in [0.717, 1.165) is 21.9 Å². The average molecular weight is 480 g/mol. The molecule has 0 spiro atoms. The monoisotopic (exact) mass is 480 g/mol. The van der Waals surface area contributed by atoms with Crippen LogP contribution in [0, 0.1) is 12.7 Å². The highest BCUT2D eigenvalue weighted by molar-refractivity contribution is 14.0. The van der Waals surface area contributed by atoms with Crippen LogP contribution in [0.15, 0.2) is 29.4 Å². The van der Waals surface area contributed by atoms with E-state index in [4.69, 9.17) is 0 Å². The van der Waals surface area contributed by atoms with Crippen LogP contribution in [0.25, 0.3) is 0 Å². The summed E-state index contributed by atoms with van der Waals surface area (Å²) in [4.78, 5) is 9.72. The number of rotatable bonds is 6. The second-order valence-corrected chi connectivity index (χ2v) is 7.18. The van der Waals surface area contributed by atoms with E-state index in [0.29, 0.717) is 19.0 Å². The van der Waals surface area contributed by atoms with Crippen LogP contribution in [0.2, 0.25) is 0 Å². The van der Waals surface area contributed by atoms with Crippen molar-refractivity contribution in [1.82, 2.24) is 15.6 Å². The number of benzene rings is 1. The number of aromatic nitrogens is 1. The molecule has 2 rings (SSSR count). The van der Waals surface area contributed by atoms with Crippen molar-refractivity contribution in [1.29, 1.82) is 0 Å². The predicted molar refractivity (Wildman–Crippen MR) is 113 cm³/mol. The molecule has 0 saturated heterocycles. The highest BCUT2D eigenvalue weighted by Crippen LogP contribution is 2.16. The Hall–Kier alpha value is -0.870. The first-order valence-corrected chi connectivity index (χ1v) is 9.45. The number of aryl methyl sites for hydroxylation is 1. The van der Waals surface area contributed by atoms with E-state index in [1.54, 1.807) is 36.2 Å². The molecule has 2 aromatic rings. The molecule has 0 aliphatic heterocycles. The predicted octanol–water partition coefficient (Wildman–Crippen LogP) is 3.94. The molecule has 0 atom stereocenters. The molecule has 4 nitrogen and oxygen atoms in total. The summed E-state index contributed by atoms with van der Waals surface area (Å²) in [5.74, 6) is 1.30. The molecule has 2 N–H and O–H groups in total. The van der Waals surface area contributed by atoms with Crippen LogP contribution in [0.3, 0.4) is 0 Å². The van der Waals surface area contributed by atoms with Crippen LogP contribution < -0.4 is 10.6 Å². The van der Waals surface area contributed by atoms with Gasteiger partial charge >= 0.3 is 0 Å². The maximum absolute atomic E-state index is 13.4. The van der Waals surface area contributed by atoms with Gasteiger partial charge in [-0.25, -0.2) is 9.37 Å². The van der Waals surface area contributed by atoms with Crippen molar-refractivity contribution in [2.45, 2.75) is 25.8 Å². The fourth-order valence-corrected chi connectivity index (χ4v) is 3.41. The third-order valence-electron chi connectivity index (χ3n) is 3.21. The molecule has 0 unspecified atom stereocenters. The number of guanidine groups is 1. The lowest BCUT2D eigenvalue weighted by Gasteiger charge is -2.13. The van der Waals surface area contributed by atoms with Crippen LogP contribution in [0.4, 0.5) is 4.39 Å². The number of nitrogens with one attached hydrogen (secondary N) is 2. The third-order valence-corrected chi connectivity index (χ3v) is 4.73. The van der Waals surface area contributed by atoms with E-state index in [-0.39, 0.29) is 29.8 Å². The second-order valence-electron chi connectivity index (χ2n) is 4.99. The zero-order valence-corrected chi connectivity index (χ0v) is 17.9. The summed E-state index contributed by atoms with van der Waals surface area (Å²) in [5, 5.41) is 7.53. The van der Waals surface area contributed by atoms with Gasteiger partial charge in [0, 0.05) is 30.4 Å². The number of aliphatic imine (C=N–C) groups is 1. The molecular weight excluding hydrogens is 458 g/mol. The summed E-state index contributed by atoms with van der Waals surface area (Å²) in [7, 11) is 1.73. The second kappa shape index (κ2) is 10.9. The zero-order chi connectivity index (χ0) is 16.7. The van der Waals surface area contributed by atoms with Gasteiger partial charge in [0.1, 0.15) is 10.8 Å². The Balaban J connectivity index is 0.00000288. The van der Waals surface area contributed by atoms with Crippen LogP contribution >= 0.6 is 47.1 Å². The topological polar surface area (TPSA) is 49.3 Å². The lowest BCUT2D eigenvalue weighted by molar-refractivity contribution is 0.625. The quantitative estimate of drug-likeness (QED) is 0.374. The van der Waals surface area contributed by atoms with E-state index >= 15 is 0 Å². The van der Waals surface area contributed by atoms with Crippen LogP contribution in [0.5, 0.6) is 0 Å². The van der Waals surface area contributed by atoms with Gasteiger partial charge < -0.3 is 10.6 Å². The number of hydrogen-bond donors (Lipinski definition) is 2. The van der Waals surface area contributed by atoms with Gasteiger partial charge in [0.05, 0.1) is 6.54 Å². The van der Waals surface area contributed by atoms with Crippen molar-refractivity contribution < 1.29 is 4.39 Å². The fraction of sp³-hybridized carbons (Fsp3) is 0.375. The fourth-order valence-electron chi connectivity index (χ4n) is 2.10. The van der Waals surface area contributed by atoms with Gasteiger partial charge in [-0.2, -0.15) is 11.8 Å².